The summed E-state index contributed by atoms with van der Waals surface area (Å²) in [4.78, 5) is 4.96. The Kier molecular flexibility index (Phi) is 11.4. The normalized spacial score (nSPS) is 14.2. The van der Waals surface area contributed by atoms with Crippen LogP contribution in [-0.4, -0.2) is 11.3 Å². The molecule has 0 unspecified atom stereocenters. The third-order valence-electron chi connectivity index (χ3n) is 19.7. The van der Waals surface area contributed by atoms with Gasteiger partial charge in [-0.2, -0.15) is 0 Å². The van der Waals surface area contributed by atoms with Crippen molar-refractivity contribution in [2.24, 2.45) is 0 Å². The number of nitrogens with zero attached hydrogens (tertiary/aromatic N) is 3. The van der Waals surface area contributed by atoms with E-state index in [2.05, 4.69) is 278 Å². The van der Waals surface area contributed by atoms with Crippen LogP contribution in [0.3, 0.4) is 0 Å². The van der Waals surface area contributed by atoms with Crippen molar-refractivity contribution in [2.75, 3.05) is 9.80 Å². The summed E-state index contributed by atoms with van der Waals surface area (Å²) in [6, 6.07) is 81.7. The molecule has 95 heavy (non-hydrogen) atoms. The third kappa shape index (κ3) is 9.57. The van der Waals surface area contributed by atoms with Crippen molar-refractivity contribution in [3.8, 4) is 61.3 Å². The van der Waals surface area contributed by atoms with Crippen LogP contribution >= 0.6 is 0 Å². The highest BCUT2D eigenvalue weighted by Crippen LogP contribution is 2.54. The minimum Gasteiger partial charge on any atom is -0.456 e. The molecule has 0 aliphatic carbocycles. The zero-order chi connectivity index (χ0) is 71.6. The average molecular weight is 1230 g/mol. The van der Waals surface area contributed by atoms with Crippen LogP contribution < -0.4 is 26.2 Å². The minimum atomic E-state index is -0.502. The molecule has 0 spiro atoms. The van der Waals surface area contributed by atoms with Crippen molar-refractivity contribution in [1.82, 2.24) is 4.57 Å². The van der Waals surface area contributed by atoms with Crippen LogP contribution in [0.4, 0.5) is 34.1 Å². The Bertz CT molecular complexity index is 5930. The Labute approximate surface area is 569 Å². The van der Waals surface area contributed by atoms with Crippen LogP contribution in [-0.2, 0) is 16.2 Å². The zero-order valence-electron chi connectivity index (χ0n) is 62.8. The summed E-state index contributed by atoms with van der Waals surface area (Å²) in [5, 5.41) is 1.98. The van der Waals surface area contributed by atoms with Gasteiger partial charge in [0.2, 0.25) is 0 Å². The van der Waals surface area contributed by atoms with E-state index in [-0.39, 0.29) is 50.1 Å². The summed E-state index contributed by atoms with van der Waals surface area (Å²) < 4.78 is 83.6. The van der Waals surface area contributed by atoms with Gasteiger partial charge in [0.1, 0.15) is 11.2 Å². The highest BCUT2D eigenvalue weighted by molar-refractivity contribution is 7.00. The molecule has 2 aliphatic heterocycles. The van der Waals surface area contributed by atoms with E-state index in [4.69, 9.17) is 7.16 Å². The lowest BCUT2D eigenvalue weighted by Gasteiger charge is -2.46. The second-order valence-corrected chi connectivity index (χ2v) is 28.7. The lowest BCUT2D eigenvalue weighted by Crippen LogP contribution is -2.61. The first-order chi connectivity index (χ1) is 49.3. The van der Waals surface area contributed by atoms with E-state index in [9.17, 15) is 8.22 Å². The molecule has 0 atom stereocenters. The Hall–Kier alpha value is -10.9. The van der Waals surface area contributed by atoms with E-state index in [1.54, 1.807) is 4.57 Å². The van der Waals surface area contributed by atoms with Crippen molar-refractivity contribution in [1.29, 1.82) is 0 Å². The fourth-order valence-corrected chi connectivity index (χ4v) is 14.9. The molecule has 5 heteroatoms. The summed E-state index contributed by atoms with van der Waals surface area (Å²) in [7, 11) is 0. The predicted molar refractivity (Wildman–Crippen MR) is 405 cm³/mol. The van der Waals surface area contributed by atoms with Crippen molar-refractivity contribution < 1.29 is 15.4 Å². The number of rotatable bonds is 8. The molecule has 0 N–H and O–H groups in total. The number of aromatic nitrogens is 1. The Balaban J connectivity index is 1.09. The van der Waals surface area contributed by atoms with Crippen LogP contribution in [0.15, 0.2) is 289 Å². The number of anilines is 6. The highest BCUT2D eigenvalue weighted by Gasteiger charge is 2.46. The van der Waals surface area contributed by atoms with Gasteiger partial charge in [-0.25, -0.2) is 0 Å². The number of hydrogen-bond donors (Lipinski definition) is 0. The maximum absolute atomic E-state index is 9.79. The molecule has 0 radical (unpaired) electrons. The standard InChI is InChI=1S/C90H74BN3O/c1-88(2,3)63-34-25-33-60(49-63)61-43-47-79-75(50-61)91-74-46-45-66(92-76-39-22-19-35-68(76)69-36-20-23-40-77(69)92)56-80(74)93(78-48-44-64(89(4,5)6)53-71(78)57-27-13-10-14-28-57)81-51-62(67-38-26-42-84-85(67)70-37-21-24-41-83(70)95-84)52-82(86(81)91)94(79)87-72(58-29-15-11-16-30-58)54-65(90(7,8)9)55-73(87)59-31-17-12-18-32-59/h10-56H,1-9H3/i19D,20D,22D,23D,35D,36D,39D,40D. The monoisotopic (exact) mass is 1230 g/mol. The van der Waals surface area contributed by atoms with Gasteiger partial charge >= 0.3 is 0 Å². The molecule has 2 aromatic heterocycles. The van der Waals surface area contributed by atoms with Crippen LogP contribution in [0.5, 0.6) is 0 Å². The van der Waals surface area contributed by atoms with Crippen LogP contribution in [0.1, 0.15) is 90.0 Å². The first kappa shape index (κ1) is 49.7. The fourth-order valence-electron chi connectivity index (χ4n) is 14.9. The summed E-state index contributed by atoms with van der Waals surface area (Å²) in [6.45, 7) is 19.8. The molecular weight excluding hydrogens is 1150 g/mol. The van der Waals surface area contributed by atoms with E-state index < -0.39 is 43.0 Å². The Morgan fingerprint density at radius 2 is 0.863 bits per heavy atom. The summed E-state index contributed by atoms with van der Waals surface area (Å²) in [5.74, 6) is 0. The molecule has 0 amide bonds. The van der Waals surface area contributed by atoms with Gasteiger partial charge in [-0.3, -0.25) is 0 Å². The van der Waals surface area contributed by atoms with Crippen molar-refractivity contribution in [3.63, 3.8) is 0 Å². The lowest BCUT2D eigenvalue weighted by atomic mass is 9.33. The van der Waals surface area contributed by atoms with Crippen molar-refractivity contribution in [3.05, 3.63) is 302 Å². The molecule has 17 rings (SSSR count). The Morgan fingerprint density at radius 3 is 1.51 bits per heavy atom. The molecule has 0 bridgehead atoms. The number of furan rings is 1. The van der Waals surface area contributed by atoms with Gasteiger partial charge in [0, 0.05) is 66.7 Å². The predicted octanol–water partition coefficient (Wildman–Crippen LogP) is 23.0. The van der Waals surface area contributed by atoms with Gasteiger partial charge in [0.25, 0.3) is 6.71 Å². The second kappa shape index (κ2) is 21.9. The maximum atomic E-state index is 9.79. The van der Waals surface area contributed by atoms with Gasteiger partial charge < -0.3 is 18.8 Å². The molecule has 4 nitrogen and oxygen atoms in total. The first-order valence-electron chi connectivity index (χ1n) is 36.9. The number of para-hydroxylation sites is 3. The topological polar surface area (TPSA) is 24.6 Å². The quantitative estimate of drug-likeness (QED) is 0.142. The largest absolute Gasteiger partial charge is 0.456 e. The first-order valence-corrected chi connectivity index (χ1v) is 32.9. The molecule has 0 saturated carbocycles. The van der Waals surface area contributed by atoms with Crippen LogP contribution in [0.25, 0.3) is 105 Å². The molecular formula is C90H74BN3O. The number of hydrogen-bond acceptors (Lipinski definition) is 3. The minimum absolute atomic E-state index is 0.0110. The van der Waals surface area contributed by atoms with E-state index in [0.717, 1.165) is 134 Å². The van der Waals surface area contributed by atoms with E-state index in [0.29, 0.717) is 5.69 Å². The number of fused-ring (bicyclic) bond motifs is 10. The van der Waals surface area contributed by atoms with Gasteiger partial charge in [-0.15, -0.1) is 0 Å². The maximum Gasteiger partial charge on any atom is 0.252 e. The molecule has 13 aromatic carbocycles. The highest BCUT2D eigenvalue weighted by atomic mass is 16.3. The smallest absolute Gasteiger partial charge is 0.252 e. The molecule has 0 fully saturated rings. The van der Waals surface area contributed by atoms with Crippen LogP contribution in [0.2, 0.25) is 0 Å². The average Bonchev–Trinajstić information content (AvgIpc) is 1.61. The molecule has 15 aromatic rings. The molecule has 2 aliphatic rings. The van der Waals surface area contributed by atoms with Gasteiger partial charge in [0.05, 0.1) is 33.4 Å². The summed E-state index contributed by atoms with van der Waals surface area (Å²) >= 11 is 0. The van der Waals surface area contributed by atoms with Gasteiger partial charge in [-0.1, -0.05) is 268 Å². The van der Waals surface area contributed by atoms with E-state index >= 15 is 0 Å². The summed E-state index contributed by atoms with van der Waals surface area (Å²) in [5.41, 5.74) is 23.5. The van der Waals surface area contributed by atoms with E-state index in [1.807, 2.05) is 30.3 Å². The van der Waals surface area contributed by atoms with E-state index in [1.165, 1.54) is 11.1 Å². The summed E-state index contributed by atoms with van der Waals surface area (Å²) in [6.07, 6.45) is 0. The third-order valence-corrected chi connectivity index (χ3v) is 19.7. The van der Waals surface area contributed by atoms with Crippen molar-refractivity contribution >= 4 is 101 Å². The zero-order valence-corrected chi connectivity index (χ0v) is 54.8. The van der Waals surface area contributed by atoms with Crippen LogP contribution in [0, 0.1) is 0 Å². The lowest BCUT2D eigenvalue weighted by molar-refractivity contribution is 0.590. The fraction of sp³-hybridized carbons (Fsp3) is 0.133. The molecule has 4 heterocycles. The number of benzene rings is 13. The Morgan fingerprint density at radius 1 is 0.337 bits per heavy atom. The molecule has 0 saturated heterocycles. The van der Waals surface area contributed by atoms with Crippen molar-refractivity contribution in [2.45, 2.75) is 78.6 Å². The molecule has 458 valence electrons. The van der Waals surface area contributed by atoms with Gasteiger partial charge in [0.15, 0.2) is 0 Å². The second-order valence-electron chi connectivity index (χ2n) is 28.7. The van der Waals surface area contributed by atoms with Gasteiger partial charge in [-0.05, 0) is 167 Å². The SMILES string of the molecule is [2H]c1c([2H])c([2H])c2c(c1[2H])c1c([2H])c([2H])c([2H])c([2H])c1n2-c1ccc2c(c1)N(c1ccc(C(C)(C)C)cc1-c1ccccc1)c1cc(-c3cccc4oc5ccccc5c34)cc3c1B2c1cc(-c2cccc(C(C)(C)C)c2)ccc1N3c1c(-c2ccccc2)cc(C(C)(C)C)cc1-c1ccccc1.